The highest BCUT2D eigenvalue weighted by molar-refractivity contribution is 5.95. The SMILES string of the molecule is CC1(C)CN(Cc2ccccc2)C(=O)N(C(=O)NCCCN2CCC(c3ccc(F)cc3)CC2)C1c1ccc(F)c(F)c1. The van der Waals surface area contributed by atoms with E-state index < -0.39 is 35.2 Å². The van der Waals surface area contributed by atoms with E-state index in [4.69, 9.17) is 0 Å². The Bertz CT molecular complexity index is 1410. The van der Waals surface area contributed by atoms with Gasteiger partial charge in [0, 0.05) is 25.0 Å². The zero-order valence-electron chi connectivity index (χ0n) is 24.7. The molecule has 3 aromatic rings. The molecule has 5 rings (SSSR count). The molecule has 2 saturated heterocycles. The largest absolute Gasteiger partial charge is 0.338 e. The number of nitrogens with zero attached hydrogens (tertiary/aromatic N) is 3. The first-order valence-electron chi connectivity index (χ1n) is 14.9. The molecule has 2 aliphatic rings. The summed E-state index contributed by atoms with van der Waals surface area (Å²) in [7, 11) is 0. The van der Waals surface area contributed by atoms with Crippen molar-refractivity contribution in [3.8, 4) is 0 Å². The number of nitrogens with one attached hydrogen (secondary N) is 1. The number of imide groups is 1. The van der Waals surface area contributed by atoms with Crippen LogP contribution in [0.3, 0.4) is 0 Å². The third kappa shape index (κ3) is 7.21. The van der Waals surface area contributed by atoms with Gasteiger partial charge in [0.05, 0.1) is 6.04 Å². The van der Waals surface area contributed by atoms with Gasteiger partial charge in [0.1, 0.15) is 5.82 Å². The summed E-state index contributed by atoms with van der Waals surface area (Å²) >= 11 is 0. The Morgan fingerprint density at radius 3 is 2.26 bits per heavy atom. The summed E-state index contributed by atoms with van der Waals surface area (Å²) < 4.78 is 41.4. The Morgan fingerprint density at radius 2 is 1.58 bits per heavy atom. The molecule has 1 atom stereocenters. The maximum absolute atomic E-state index is 14.3. The van der Waals surface area contributed by atoms with Gasteiger partial charge in [-0.05, 0) is 85.8 Å². The van der Waals surface area contributed by atoms with Gasteiger partial charge in [-0.15, -0.1) is 0 Å². The van der Waals surface area contributed by atoms with Crippen molar-refractivity contribution in [2.45, 2.75) is 51.6 Å². The number of hydrogen-bond donors (Lipinski definition) is 1. The number of carbonyl (C=O) groups is 2. The van der Waals surface area contributed by atoms with E-state index in [2.05, 4.69) is 10.2 Å². The topological polar surface area (TPSA) is 55.9 Å². The number of benzene rings is 3. The molecule has 0 saturated carbocycles. The van der Waals surface area contributed by atoms with E-state index in [1.807, 2.05) is 56.3 Å². The van der Waals surface area contributed by atoms with Crippen LogP contribution in [0.1, 0.15) is 61.8 Å². The highest BCUT2D eigenvalue weighted by Crippen LogP contribution is 2.44. The Hall–Kier alpha value is -3.85. The van der Waals surface area contributed by atoms with Gasteiger partial charge in [0.25, 0.3) is 0 Å². The zero-order valence-corrected chi connectivity index (χ0v) is 24.7. The van der Waals surface area contributed by atoms with E-state index in [0.29, 0.717) is 37.5 Å². The summed E-state index contributed by atoms with van der Waals surface area (Å²) in [5.74, 6) is -1.81. The molecule has 0 aromatic heterocycles. The number of hydrogen-bond acceptors (Lipinski definition) is 3. The van der Waals surface area contributed by atoms with Crippen LogP contribution in [0.25, 0.3) is 0 Å². The van der Waals surface area contributed by atoms with Gasteiger partial charge in [0.15, 0.2) is 11.6 Å². The summed E-state index contributed by atoms with van der Waals surface area (Å²) in [6.07, 6.45) is 2.67. The minimum Gasteiger partial charge on any atom is -0.338 e. The minimum atomic E-state index is -1.02. The maximum atomic E-state index is 14.3. The van der Waals surface area contributed by atoms with Crippen LogP contribution in [-0.2, 0) is 6.54 Å². The Balaban J connectivity index is 1.23. The summed E-state index contributed by atoms with van der Waals surface area (Å²) in [4.78, 5) is 32.7. The van der Waals surface area contributed by atoms with Crippen LogP contribution in [0.5, 0.6) is 0 Å². The zero-order chi connectivity index (χ0) is 30.6. The smallest absolute Gasteiger partial charge is 0.329 e. The number of rotatable bonds is 8. The Kier molecular flexibility index (Phi) is 9.40. The van der Waals surface area contributed by atoms with E-state index in [1.165, 1.54) is 28.7 Å². The van der Waals surface area contributed by atoms with Gasteiger partial charge in [-0.2, -0.15) is 0 Å². The molecule has 0 bridgehead atoms. The van der Waals surface area contributed by atoms with Crippen LogP contribution < -0.4 is 5.32 Å². The molecule has 6 nitrogen and oxygen atoms in total. The monoisotopic (exact) mass is 592 g/mol. The fraction of sp³-hybridized carbons (Fsp3) is 0.412. The summed E-state index contributed by atoms with van der Waals surface area (Å²) in [5, 5.41) is 2.92. The molecule has 2 aliphatic heterocycles. The molecule has 1 N–H and O–H groups in total. The second kappa shape index (κ2) is 13.2. The fourth-order valence-corrected chi connectivity index (χ4v) is 6.48. The van der Waals surface area contributed by atoms with E-state index >= 15 is 0 Å². The predicted octanol–water partition coefficient (Wildman–Crippen LogP) is 7.09. The molecule has 2 heterocycles. The number of carbonyl (C=O) groups excluding carboxylic acids is 2. The van der Waals surface area contributed by atoms with Crippen molar-refractivity contribution in [2.75, 3.05) is 32.7 Å². The van der Waals surface area contributed by atoms with Crippen molar-refractivity contribution in [2.24, 2.45) is 5.41 Å². The number of amides is 4. The van der Waals surface area contributed by atoms with Crippen molar-refractivity contribution in [1.82, 2.24) is 20.0 Å². The van der Waals surface area contributed by atoms with Crippen LogP contribution >= 0.6 is 0 Å². The van der Waals surface area contributed by atoms with Crippen LogP contribution in [-0.4, -0.2) is 59.5 Å². The summed E-state index contributed by atoms with van der Waals surface area (Å²) in [6.45, 7) is 7.52. The molecule has 0 radical (unpaired) electrons. The predicted molar refractivity (Wildman–Crippen MR) is 160 cm³/mol. The average Bonchev–Trinajstić information content (AvgIpc) is 2.99. The van der Waals surface area contributed by atoms with Gasteiger partial charge in [-0.25, -0.2) is 27.7 Å². The highest BCUT2D eigenvalue weighted by atomic mass is 19.2. The van der Waals surface area contributed by atoms with Gasteiger partial charge in [0.2, 0.25) is 0 Å². The first kappa shape index (κ1) is 30.6. The summed E-state index contributed by atoms with van der Waals surface area (Å²) in [5.41, 5.74) is 1.82. The lowest BCUT2D eigenvalue weighted by Gasteiger charge is -2.49. The molecule has 2 fully saturated rings. The normalized spacial score (nSPS) is 19.5. The first-order chi connectivity index (χ1) is 20.6. The lowest BCUT2D eigenvalue weighted by Crippen LogP contribution is -2.61. The van der Waals surface area contributed by atoms with E-state index in [-0.39, 0.29) is 5.82 Å². The van der Waals surface area contributed by atoms with Crippen molar-refractivity contribution in [1.29, 1.82) is 0 Å². The lowest BCUT2D eigenvalue weighted by atomic mass is 9.77. The average molecular weight is 593 g/mol. The van der Waals surface area contributed by atoms with Crippen LogP contribution in [0.4, 0.5) is 22.8 Å². The van der Waals surface area contributed by atoms with Crippen LogP contribution in [0.15, 0.2) is 72.8 Å². The van der Waals surface area contributed by atoms with Gasteiger partial charge < -0.3 is 15.1 Å². The quantitative estimate of drug-likeness (QED) is 0.284. The van der Waals surface area contributed by atoms with E-state index in [0.717, 1.165) is 50.2 Å². The number of urea groups is 2. The summed E-state index contributed by atoms with van der Waals surface area (Å²) in [6, 6.07) is 18.0. The van der Waals surface area contributed by atoms with E-state index in [9.17, 15) is 22.8 Å². The Morgan fingerprint density at radius 1 is 0.907 bits per heavy atom. The van der Waals surface area contributed by atoms with E-state index in [1.54, 1.807) is 4.90 Å². The van der Waals surface area contributed by atoms with Crippen LogP contribution in [0.2, 0.25) is 0 Å². The molecule has 4 amide bonds. The standard InChI is InChI=1S/C34H39F3N4O2/c1-34(2)23-40(22-24-7-4-3-5-8-24)33(43)41(31(34)27-11-14-29(36)30(37)21-27)32(42)38-17-6-18-39-19-15-26(16-20-39)25-9-12-28(35)13-10-25/h3-5,7-14,21,26,31H,6,15-20,22-23H2,1-2H3,(H,38,42). The molecule has 1 unspecified atom stereocenters. The molecule has 0 spiro atoms. The van der Waals surface area contributed by atoms with Gasteiger partial charge in [-0.1, -0.05) is 62.4 Å². The maximum Gasteiger partial charge on any atom is 0.329 e. The molecule has 228 valence electrons. The molecule has 0 aliphatic carbocycles. The van der Waals surface area contributed by atoms with Crippen molar-refractivity contribution in [3.05, 3.63) is 107 Å². The van der Waals surface area contributed by atoms with Crippen molar-refractivity contribution < 1.29 is 22.8 Å². The second-order valence-electron chi connectivity index (χ2n) is 12.3. The molecular formula is C34H39F3N4O2. The number of piperidine rings is 1. The highest BCUT2D eigenvalue weighted by Gasteiger charge is 2.48. The van der Waals surface area contributed by atoms with Crippen molar-refractivity contribution >= 4 is 12.1 Å². The van der Waals surface area contributed by atoms with Gasteiger partial charge in [-0.3, -0.25) is 0 Å². The number of likely N-dealkylation sites (tertiary alicyclic amines) is 1. The minimum absolute atomic E-state index is 0.224. The van der Waals surface area contributed by atoms with Crippen LogP contribution in [0, 0.1) is 22.9 Å². The first-order valence-corrected chi connectivity index (χ1v) is 14.9. The molecule has 9 heteroatoms. The second-order valence-corrected chi connectivity index (χ2v) is 12.3. The molecule has 43 heavy (non-hydrogen) atoms. The lowest BCUT2D eigenvalue weighted by molar-refractivity contribution is 0.0341. The van der Waals surface area contributed by atoms with Crippen molar-refractivity contribution in [3.63, 3.8) is 0 Å². The third-order valence-electron chi connectivity index (χ3n) is 8.62. The van der Waals surface area contributed by atoms with Gasteiger partial charge >= 0.3 is 12.1 Å². The Labute approximate surface area is 251 Å². The number of halogens is 3. The third-order valence-corrected chi connectivity index (χ3v) is 8.62. The molecular weight excluding hydrogens is 553 g/mol. The molecule has 3 aromatic carbocycles. The fourth-order valence-electron chi connectivity index (χ4n) is 6.48.